The lowest BCUT2D eigenvalue weighted by Crippen LogP contribution is -2.64. The molecule has 0 saturated heterocycles. The van der Waals surface area contributed by atoms with Crippen molar-refractivity contribution in [2.24, 2.45) is 0 Å². The highest BCUT2D eigenvalue weighted by Gasteiger charge is 2.51. The first-order valence-electron chi connectivity index (χ1n) is 22.8. The zero-order chi connectivity index (χ0) is 43.6. The minimum atomic E-state index is -5.13. The number of rotatable bonds is 37. The number of carbonyl (C=O) groups is 2. The van der Waals surface area contributed by atoms with Crippen molar-refractivity contribution in [1.29, 1.82) is 0 Å². The van der Waals surface area contributed by atoms with Gasteiger partial charge in [-0.1, -0.05) is 159 Å². The standard InChI is InChI=1S/C45H81O13P/c1-3-5-7-9-11-13-15-17-18-19-20-22-24-26-28-30-32-34-39(47)57-37(36-56-59(53,54)58-45-43(51)41(49)40(48)42(50)44(45)52)35-55-38(46)33-31-29-27-25-23-21-16-14-12-10-8-6-4-2/h17-18,20,22,26,28,37,40-45,48-52H,3-16,19,21,23-25,27,29-36H2,1-2H3,(H,53,54)/b18-17-,22-20-,28-26-/t37-,40?,41-,42?,43?,44?,45?/m1/s1. The number of aliphatic hydroxyl groups is 5. The van der Waals surface area contributed by atoms with Gasteiger partial charge in [-0.05, 0) is 44.9 Å². The van der Waals surface area contributed by atoms with E-state index in [0.717, 1.165) is 38.5 Å². The van der Waals surface area contributed by atoms with E-state index in [1.807, 2.05) is 12.2 Å². The SMILES string of the molecule is CCCCCCCC/C=C\C/C=C\C/C=C\CCCC(=O)O[C@H](COC(=O)CCCCCCCCCCCCCCC)COP(=O)(O)OC1C(O)C(O)C(O)[C@@H](O)C1O. The van der Waals surface area contributed by atoms with Gasteiger partial charge in [0.2, 0.25) is 0 Å². The Bertz CT molecular complexity index is 1180. The summed E-state index contributed by atoms with van der Waals surface area (Å²) < 4.78 is 33.4. The molecular formula is C45H81O13P. The molecule has 344 valence electrons. The summed E-state index contributed by atoms with van der Waals surface area (Å²) in [4.78, 5) is 35.6. The number of ether oxygens (including phenoxy) is 2. The van der Waals surface area contributed by atoms with E-state index in [4.69, 9.17) is 18.5 Å². The number of unbranched alkanes of at least 4 members (excludes halogenated alkanes) is 19. The fourth-order valence-electron chi connectivity index (χ4n) is 6.77. The van der Waals surface area contributed by atoms with Gasteiger partial charge in [-0.3, -0.25) is 18.6 Å². The molecule has 59 heavy (non-hydrogen) atoms. The quantitative estimate of drug-likeness (QED) is 0.0150. The first kappa shape index (κ1) is 55.1. The average molecular weight is 861 g/mol. The maximum Gasteiger partial charge on any atom is 0.472 e. The molecular weight excluding hydrogens is 779 g/mol. The van der Waals surface area contributed by atoms with Crippen LogP contribution in [0.15, 0.2) is 36.5 Å². The number of phosphoric ester groups is 1. The minimum absolute atomic E-state index is 0.0266. The molecule has 1 saturated carbocycles. The molecule has 1 aliphatic rings. The van der Waals surface area contributed by atoms with Crippen LogP contribution in [-0.4, -0.2) is 98.3 Å². The third-order valence-electron chi connectivity index (χ3n) is 10.5. The van der Waals surface area contributed by atoms with Crippen LogP contribution in [0.1, 0.15) is 181 Å². The van der Waals surface area contributed by atoms with Crippen molar-refractivity contribution in [2.45, 2.75) is 224 Å². The Labute approximate surface area is 355 Å². The summed E-state index contributed by atoms with van der Waals surface area (Å²) >= 11 is 0. The molecule has 8 atom stereocenters. The Morgan fingerprint density at radius 1 is 0.525 bits per heavy atom. The van der Waals surface area contributed by atoms with Crippen LogP contribution in [0.3, 0.4) is 0 Å². The molecule has 1 fully saturated rings. The highest BCUT2D eigenvalue weighted by molar-refractivity contribution is 7.47. The highest BCUT2D eigenvalue weighted by atomic mass is 31.2. The zero-order valence-corrected chi connectivity index (χ0v) is 37.2. The maximum absolute atomic E-state index is 12.8. The van der Waals surface area contributed by atoms with Gasteiger partial charge in [0.25, 0.3) is 0 Å². The van der Waals surface area contributed by atoms with Gasteiger partial charge in [0.05, 0.1) is 6.61 Å². The Morgan fingerprint density at radius 2 is 0.932 bits per heavy atom. The first-order chi connectivity index (χ1) is 28.4. The van der Waals surface area contributed by atoms with E-state index in [9.17, 15) is 44.6 Å². The smallest absolute Gasteiger partial charge is 0.462 e. The lowest BCUT2D eigenvalue weighted by atomic mass is 9.85. The molecule has 0 aliphatic heterocycles. The van der Waals surface area contributed by atoms with E-state index < -0.39 is 75.7 Å². The summed E-state index contributed by atoms with van der Waals surface area (Å²) in [6, 6.07) is 0. The molecule has 0 aromatic rings. The normalized spacial score (nSPS) is 22.6. The molecule has 13 nitrogen and oxygen atoms in total. The first-order valence-corrected chi connectivity index (χ1v) is 24.3. The molecule has 0 heterocycles. The Balaban J connectivity index is 2.51. The van der Waals surface area contributed by atoms with E-state index >= 15 is 0 Å². The van der Waals surface area contributed by atoms with Crippen molar-refractivity contribution in [3.8, 4) is 0 Å². The van der Waals surface area contributed by atoms with Gasteiger partial charge in [0.15, 0.2) is 6.10 Å². The molecule has 6 N–H and O–H groups in total. The van der Waals surface area contributed by atoms with Gasteiger partial charge in [-0.2, -0.15) is 0 Å². The predicted octanol–water partition coefficient (Wildman–Crippen LogP) is 8.61. The third-order valence-corrected chi connectivity index (χ3v) is 11.5. The van der Waals surface area contributed by atoms with Crippen molar-refractivity contribution in [1.82, 2.24) is 0 Å². The van der Waals surface area contributed by atoms with Crippen LogP contribution in [0.4, 0.5) is 0 Å². The monoisotopic (exact) mass is 861 g/mol. The molecule has 1 rings (SSSR count). The van der Waals surface area contributed by atoms with Crippen molar-refractivity contribution in [3.05, 3.63) is 36.5 Å². The molecule has 0 aromatic heterocycles. The van der Waals surface area contributed by atoms with Gasteiger partial charge < -0.3 is 39.9 Å². The van der Waals surface area contributed by atoms with E-state index in [-0.39, 0.29) is 12.8 Å². The largest absolute Gasteiger partial charge is 0.472 e. The minimum Gasteiger partial charge on any atom is -0.462 e. The summed E-state index contributed by atoms with van der Waals surface area (Å²) in [5.41, 5.74) is 0. The lowest BCUT2D eigenvalue weighted by Gasteiger charge is -2.41. The second kappa shape index (κ2) is 35.6. The number of esters is 2. The van der Waals surface area contributed by atoms with E-state index in [0.29, 0.717) is 19.3 Å². The summed E-state index contributed by atoms with van der Waals surface area (Å²) in [5, 5.41) is 50.1. The molecule has 1 aliphatic carbocycles. The molecule has 0 bridgehead atoms. The Hall–Kier alpha value is -1.93. The number of allylic oxidation sites excluding steroid dienone is 6. The summed E-state index contributed by atoms with van der Waals surface area (Å²) in [6.45, 7) is 3.24. The van der Waals surface area contributed by atoms with Crippen molar-refractivity contribution in [3.63, 3.8) is 0 Å². The summed E-state index contributed by atoms with van der Waals surface area (Å²) in [5.74, 6) is -1.16. The van der Waals surface area contributed by atoms with E-state index in [1.165, 1.54) is 96.3 Å². The van der Waals surface area contributed by atoms with Crippen LogP contribution in [0, 0.1) is 0 Å². The fourth-order valence-corrected chi connectivity index (χ4v) is 7.75. The van der Waals surface area contributed by atoms with E-state index in [2.05, 4.69) is 38.2 Å². The van der Waals surface area contributed by atoms with Crippen molar-refractivity contribution < 1.29 is 63.1 Å². The number of carbonyl (C=O) groups excluding carboxylic acids is 2. The second-order valence-electron chi connectivity index (χ2n) is 15.9. The molecule has 0 spiro atoms. The highest BCUT2D eigenvalue weighted by Crippen LogP contribution is 2.47. The lowest BCUT2D eigenvalue weighted by molar-refractivity contribution is -0.220. The van der Waals surface area contributed by atoms with Gasteiger partial charge in [0.1, 0.15) is 43.2 Å². The topological polar surface area (TPSA) is 210 Å². The van der Waals surface area contributed by atoms with Crippen LogP contribution in [0.5, 0.6) is 0 Å². The Morgan fingerprint density at radius 3 is 1.44 bits per heavy atom. The van der Waals surface area contributed by atoms with Crippen LogP contribution >= 0.6 is 7.82 Å². The maximum atomic E-state index is 12.8. The number of phosphoric acid groups is 1. The summed E-state index contributed by atoms with van der Waals surface area (Å²) in [6.07, 6.45) is 26.4. The third kappa shape index (κ3) is 28.3. The van der Waals surface area contributed by atoms with Gasteiger partial charge in [-0.25, -0.2) is 4.57 Å². The van der Waals surface area contributed by atoms with E-state index in [1.54, 1.807) is 0 Å². The Kier molecular flexibility index (Phi) is 33.3. The molecule has 6 unspecified atom stereocenters. The van der Waals surface area contributed by atoms with Gasteiger partial charge in [-0.15, -0.1) is 0 Å². The van der Waals surface area contributed by atoms with Crippen LogP contribution in [-0.2, 0) is 32.7 Å². The second-order valence-corrected chi connectivity index (χ2v) is 17.3. The number of hydrogen-bond donors (Lipinski definition) is 6. The molecule has 14 heteroatoms. The molecule has 0 aromatic carbocycles. The van der Waals surface area contributed by atoms with Gasteiger partial charge >= 0.3 is 19.8 Å². The average Bonchev–Trinajstić information content (AvgIpc) is 3.21. The number of hydrogen-bond acceptors (Lipinski definition) is 12. The van der Waals surface area contributed by atoms with Crippen molar-refractivity contribution in [2.75, 3.05) is 13.2 Å². The van der Waals surface area contributed by atoms with Crippen LogP contribution in [0.25, 0.3) is 0 Å². The summed E-state index contributed by atoms with van der Waals surface area (Å²) in [7, 11) is -5.13. The predicted molar refractivity (Wildman–Crippen MR) is 230 cm³/mol. The molecule has 0 amide bonds. The van der Waals surface area contributed by atoms with Crippen LogP contribution in [0.2, 0.25) is 0 Å². The molecule has 0 radical (unpaired) electrons. The van der Waals surface area contributed by atoms with Gasteiger partial charge in [0, 0.05) is 12.8 Å². The van der Waals surface area contributed by atoms with Crippen molar-refractivity contribution >= 4 is 19.8 Å². The van der Waals surface area contributed by atoms with Crippen LogP contribution < -0.4 is 0 Å². The zero-order valence-electron chi connectivity index (χ0n) is 36.3. The number of aliphatic hydroxyl groups excluding tert-OH is 5. The fraction of sp³-hybridized carbons (Fsp3) is 0.822.